The predicted octanol–water partition coefficient (Wildman–Crippen LogP) is 4.60. The molecular formula is C25H27IN2O5S. The second-order valence-corrected chi connectivity index (χ2v) is 10.8. The van der Waals surface area contributed by atoms with E-state index in [1.54, 1.807) is 61.7 Å². The molecule has 0 saturated carbocycles. The minimum absolute atomic E-state index is 0.00160. The number of carbonyl (C=O) groups is 1. The molecule has 3 aromatic carbocycles. The molecule has 0 aliphatic carbocycles. The SMILES string of the molecule is COc1cc(CNC(=O)CN(c2ccc(I)cc2)S(=O)(=O)c2ccccc2)ccc1OC(C)C. The Morgan fingerprint density at radius 2 is 1.68 bits per heavy atom. The Morgan fingerprint density at radius 3 is 2.29 bits per heavy atom. The van der Waals surface area contributed by atoms with E-state index in [1.165, 1.54) is 12.1 Å². The summed E-state index contributed by atoms with van der Waals surface area (Å²) in [5.74, 6) is 0.749. The summed E-state index contributed by atoms with van der Waals surface area (Å²) in [6.45, 7) is 3.71. The molecule has 9 heteroatoms. The first-order valence-corrected chi connectivity index (χ1v) is 13.2. The molecule has 0 aliphatic rings. The van der Waals surface area contributed by atoms with Gasteiger partial charge in [0.25, 0.3) is 10.0 Å². The highest BCUT2D eigenvalue weighted by Crippen LogP contribution is 2.29. The van der Waals surface area contributed by atoms with Crippen LogP contribution in [0.4, 0.5) is 5.69 Å². The van der Waals surface area contributed by atoms with Crippen molar-refractivity contribution in [1.29, 1.82) is 0 Å². The van der Waals surface area contributed by atoms with Crippen LogP contribution in [-0.4, -0.2) is 34.1 Å². The van der Waals surface area contributed by atoms with Crippen molar-refractivity contribution in [1.82, 2.24) is 5.32 Å². The summed E-state index contributed by atoms with van der Waals surface area (Å²) in [7, 11) is -2.39. The van der Waals surface area contributed by atoms with Crippen LogP contribution in [-0.2, 0) is 21.4 Å². The van der Waals surface area contributed by atoms with Gasteiger partial charge in [0.15, 0.2) is 11.5 Å². The van der Waals surface area contributed by atoms with Crippen LogP contribution in [0.2, 0.25) is 0 Å². The summed E-state index contributed by atoms with van der Waals surface area (Å²) in [6.07, 6.45) is -0.00160. The van der Waals surface area contributed by atoms with Gasteiger partial charge in [0.1, 0.15) is 6.54 Å². The van der Waals surface area contributed by atoms with E-state index in [0.29, 0.717) is 17.2 Å². The van der Waals surface area contributed by atoms with E-state index in [2.05, 4.69) is 27.9 Å². The lowest BCUT2D eigenvalue weighted by Crippen LogP contribution is -2.40. The minimum Gasteiger partial charge on any atom is -0.493 e. The molecule has 0 aromatic heterocycles. The van der Waals surface area contributed by atoms with Gasteiger partial charge in [-0.05, 0) is 90.5 Å². The number of rotatable bonds is 10. The number of nitrogens with one attached hydrogen (secondary N) is 1. The van der Waals surface area contributed by atoms with Crippen LogP contribution >= 0.6 is 22.6 Å². The second-order valence-electron chi connectivity index (χ2n) is 7.73. The van der Waals surface area contributed by atoms with E-state index in [0.717, 1.165) is 13.4 Å². The van der Waals surface area contributed by atoms with Crippen LogP contribution in [0.5, 0.6) is 11.5 Å². The van der Waals surface area contributed by atoms with Crippen molar-refractivity contribution in [2.45, 2.75) is 31.4 Å². The molecule has 180 valence electrons. The molecule has 0 saturated heterocycles. The molecule has 3 aromatic rings. The van der Waals surface area contributed by atoms with E-state index >= 15 is 0 Å². The van der Waals surface area contributed by atoms with Crippen molar-refractivity contribution in [3.63, 3.8) is 0 Å². The van der Waals surface area contributed by atoms with Crippen molar-refractivity contribution in [2.24, 2.45) is 0 Å². The van der Waals surface area contributed by atoms with E-state index in [1.807, 2.05) is 19.9 Å². The third kappa shape index (κ3) is 6.63. The highest BCUT2D eigenvalue weighted by Gasteiger charge is 2.27. The topological polar surface area (TPSA) is 84.9 Å². The Bertz CT molecular complexity index is 1220. The lowest BCUT2D eigenvalue weighted by atomic mass is 10.2. The fourth-order valence-corrected chi connectivity index (χ4v) is 5.00. The van der Waals surface area contributed by atoms with Crippen molar-refractivity contribution in [2.75, 3.05) is 18.0 Å². The molecule has 0 heterocycles. The van der Waals surface area contributed by atoms with E-state index in [-0.39, 0.29) is 24.1 Å². The van der Waals surface area contributed by atoms with Crippen LogP contribution < -0.4 is 19.1 Å². The largest absolute Gasteiger partial charge is 0.493 e. The van der Waals surface area contributed by atoms with Gasteiger partial charge in [-0.3, -0.25) is 9.10 Å². The number of nitrogens with zero attached hydrogens (tertiary/aromatic N) is 1. The molecule has 0 aliphatic heterocycles. The number of anilines is 1. The molecule has 7 nitrogen and oxygen atoms in total. The molecule has 0 spiro atoms. The number of benzene rings is 3. The third-order valence-corrected chi connectivity index (χ3v) is 7.32. The fraction of sp³-hybridized carbons (Fsp3) is 0.240. The van der Waals surface area contributed by atoms with E-state index in [9.17, 15) is 13.2 Å². The summed E-state index contributed by atoms with van der Waals surface area (Å²) in [5, 5.41) is 2.80. The summed E-state index contributed by atoms with van der Waals surface area (Å²) < 4.78 is 39.9. The minimum atomic E-state index is -3.94. The summed E-state index contributed by atoms with van der Waals surface area (Å²) in [6, 6.07) is 20.5. The van der Waals surface area contributed by atoms with Gasteiger partial charge < -0.3 is 14.8 Å². The highest BCUT2D eigenvalue weighted by atomic mass is 127. The number of ether oxygens (including phenoxy) is 2. The third-order valence-electron chi connectivity index (χ3n) is 4.81. The van der Waals surface area contributed by atoms with E-state index in [4.69, 9.17) is 9.47 Å². The van der Waals surface area contributed by atoms with Gasteiger partial charge in [-0.1, -0.05) is 24.3 Å². The zero-order valence-electron chi connectivity index (χ0n) is 19.2. The van der Waals surface area contributed by atoms with Crippen LogP contribution in [0.25, 0.3) is 0 Å². The van der Waals surface area contributed by atoms with Gasteiger partial charge >= 0.3 is 0 Å². The zero-order valence-corrected chi connectivity index (χ0v) is 22.2. The molecule has 34 heavy (non-hydrogen) atoms. The molecule has 0 fully saturated rings. The van der Waals surface area contributed by atoms with Crippen molar-refractivity contribution in [3.05, 3.63) is 81.9 Å². The first kappa shape index (κ1) is 25.8. The standard InChI is InChI=1S/C25H27IN2O5S/c1-18(2)33-23-14-9-19(15-24(23)32-3)16-27-25(29)17-28(21-12-10-20(26)11-13-21)34(30,31)22-7-5-4-6-8-22/h4-15,18H,16-17H2,1-3H3,(H,27,29). The smallest absolute Gasteiger partial charge is 0.264 e. The van der Waals surface area contributed by atoms with Gasteiger partial charge in [-0.15, -0.1) is 0 Å². The summed E-state index contributed by atoms with van der Waals surface area (Å²) >= 11 is 2.15. The number of sulfonamides is 1. The fourth-order valence-electron chi connectivity index (χ4n) is 3.20. The maximum atomic E-state index is 13.4. The normalized spacial score (nSPS) is 11.2. The number of hydrogen-bond acceptors (Lipinski definition) is 5. The quantitative estimate of drug-likeness (QED) is 0.347. The number of hydrogen-bond donors (Lipinski definition) is 1. The van der Waals surface area contributed by atoms with Gasteiger partial charge in [-0.2, -0.15) is 0 Å². The van der Waals surface area contributed by atoms with Crippen LogP contribution in [0.15, 0.2) is 77.7 Å². The Kier molecular flexibility index (Phi) is 8.78. The average molecular weight is 594 g/mol. The van der Waals surface area contributed by atoms with Gasteiger partial charge in [0, 0.05) is 10.1 Å². The number of amides is 1. The monoisotopic (exact) mass is 594 g/mol. The van der Waals surface area contributed by atoms with E-state index < -0.39 is 15.9 Å². The molecule has 3 rings (SSSR count). The molecule has 0 bridgehead atoms. The first-order chi connectivity index (χ1) is 16.2. The molecule has 1 N–H and O–H groups in total. The maximum Gasteiger partial charge on any atom is 0.264 e. The Morgan fingerprint density at radius 1 is 1.00 bits per heavy atom. The van der Waals surface area contributed by atoms with Gasteiger partial charge in [-0.25, -0.2) is 8.42 Å². The van der Waals surface area contributed by atoms with Crippen molar-refractivity contribution >= 4 is 44.2 Å². The number of carbonyl (C=O) groups excluding carboxylic acids is 1. The molecule has 1 amide bonds. The first-order valence-electron chi connectivity index (χ1n) is 10.6. The molecular weight excluding hydrogens is 567 g/mol. The van der Waals surface area contributed by atoms with Crippen LogP contribution in [0.3, 0.4) is 0 Å². The van der Waals surface area contributed by atoms with Crippen molar-refractivity contribution in [3.8, 4) is 11.5 Å². The predicted molar refractivity (Wildman–Crippen MR) is 141 cm³/mol. The van der Waals surface area contributed by atoms with Crippen LogP contribution in [0, 0.1) is 3.57 Å². The molecule has 0 unspecified atom stereocenters. The zero-order chi connectivity index (χ0) is 24.7. The number of halogens is 1. The second kappa shape index (κ2) is 11.6. The lowest BCUT2D eigenvalue weighted by molar-refractivity contribution is -0.119. The maximum absolute atomic E-state index is 13.4. The van der Waals surface area contributed by atoms with Gasteiger partial charge in [0.05, 0.1) is 23.8 Å². The highest BCUT2D eigenvalue weighted by molar-refractivity contribution is 14.1. The Labute approximate surface area is 214 Å². The van der Waals surface area contributed by atoms with Crippen molar-refractivity contribution < 1.29 is 22.7 Å². The number of methoxy groups -OCH3 is 1. The molecule has 0 radical (unpaired) electrons. The summed E-state index contributed by atoms with van der Waals surface area (Å²) in [4.78, 5) is 13.0. The Balaban J connectivity index is 1.78. The summed E-state index contributed by atoms with van der Waals surface area (Å²) in [5.41, 5.74) is 1.21. The Hall–Kier alpha value is -2.79. The lowest BCUT2D eigenvalue weighted by Gasteiger charge is -2.24. The van der Waals surface area contributed by atoms with Gasteiger partial charge in [0.2, 0.25) is 5.91 Å². The molecule has 0 atom stereocenters. The average Bonchev–Trinajstić information content (AvgIpc) is 2.82. The van der Waals surface area contributed by atoms with Crippen LogP contribution in [0.1, 0.15) is 19.4 Å².